The number of thiophene rings is 1. The molecule has 1 aromatic rings. The van der Waals surface area contributed by atoms with Gasteiger partial charge in [0.1, 0.15) is 0 Å². The highest BCUT2D eigenvalue weighted by Crippen LogP contribution is 2.27. The van der Waals surface area contributed by atoms with Gasteiger partial charge in [0, 0.05) is 11.3 Å². The zero-order valence-corrected chi connectivity index (χ0v) is 8.03. The van der Waals surface area contributed by atoms with Crippen LogP contribution < -0.4 is 0 Å². The van der Waals surface area contributed by atoms with Crippen molar-refractivity contribution in [2.75, 3.05) is 0 Å². The van der Waals surface area contributed by atoms with Gasteiger partial charge in [-0.05, 0) is 17.0 Å². The Balaban J connectivity index is 2.30. The van der Waals surface area contributed by atoms with E-state index in [1.54, 1.807) is 0 Å². The average Bonchev–Trinajstić information content (AvgIpc) is 2.62. The lowest BCUT2D eigenvalue weighted by Gasteiger charge is -2.27. The van der Waals surface area contributed by atoms with Gasteiger partial charge in [-0.15, -0.1) is 16.2 Å². The number of carbonyl (C=O) groups is 1. The summed E-state index contributed by atoms with van der Waals surface area (Å²) < 4.78 is 0. The largest absolute Gasteiger partial charge is 0.480 e. The standard InChI is InChI=1S/C8H8N2O3S/c11-8(12)6-3-7-5(1-2-14-7)4-10(6)9-13/h1-2,6H,3-4H2,(H,11,12). The Morgan fingerprint density at radius 2 is 2.50 bits per heavy atom. The lowest BCUT2D eigenvalue weighted by atomic mass is 10.0. The Kier molecular flexibility index (Phi) is 2.20. The van der Waals surface area contributed by atoms with Gasteiger partial charge < -0.3 is 5.11 Å². The third-order valence-electron chi connectivity index (χ3n) is 2.30. The summed E-state index contributed by atoms with van der Waals surface area (Å²) in [6, 6.07) is 1.09. The number of hydrogen-bond acceptors (Lipinski definition) is 4. The van der Waals surface area contributed by atoms with Crippen LogP contribution in [0, 0.1) is 4.91 Å². The van der Waals surface area contributed by atoms with Crippen molar-refractivity contribution in [3.05, 3.63) is 26.8 Å². The van der Waals surface area contributed by atoms with E-state index in [9.17, 15) is 9.70 Å². The van der Waals surface area contributed by atoms with E-state index >= 15 is 0 Å². The Bertz CT molecular complexity index is 376. The van der Waals surface area contributed by atoms with E-state index in [0.717, 1.165) is 15.4 Å². The van der Waals surface area contributed by atoms with Gasteiger partial charge in [-0.1, -0.05) is 0 Å². The summed E-state index contributed by atoms with van der Waals surface area (Å²) in [6.45, 7) is 0.305. The Morgan fingerprint density at radius 1 is 1.71 bits per heavy atom. The lowest BCUT2D eigenvalue weighted by Crippen LogP contribution is -2.41. The van der Waals surface area contributed by atoms with Crippen LogP contribution in [0.15, 0.2) is 16.7 Å². The van der Waals surface area contributed by atoms with Crippen molar-refractivity contribution in [1.29, 1.82) is 0 Å². The molecule has 1 aliphatic heterocycles. The maximum absolute atomic E-state index is 10.8. The van der Waals surface area contributed by atoms with Crippen molar-refractivity contribution in [2.45, 2.75) is 19.0 Å². The van der Waals surface area contributed by atoms with Gasteiger partial charge in [-0.3, -0.25) is 0 Å². The zero-order chi connectivity index (χ0) is 10.1. The summed E-state index contributed by atoms with van der Waals surface area (Å²) in [5, 5.41) is 14.6. The summed E-state index contributed by atoms with van der Waals surface area (Å²) in [7, 11) is 0. The van der Waals surface area contributed by atoms with E-state index in [0.29, 0.717) is 13.0 Å². The van der Waals surface area contributed by atoms with Gasteiger partial charge in [0.05, 0.1) is 11.8 Å². The van der Waals surface area contributed by atoms with Crippen LogP contribution in [0.5, 0.6) is 0 Å². The van der Waals surface area contributed by atoms with Crippen molar-refractivity contribution in [3.8, 4) is 0 Å². The summed E-state index contributed by atoms with van der Waals surface area (Å²) in [5.41, 5.74) is 1.01. The summed E-state index contributed by atoms with van der Waals surface area (Å²) in [6.07, 6.45) is 0.369. The normalized spacial score (nSPS) is 20.3. The van der Waals surface area contributed by atoms with Crippen molar-refractivity contribution >= 4 is 17.3 Å². The second-order valence-electron chi connectivity index (χ2n) is 3.11. The van der Waals surface area contributed by atoms with E-state index in [1.165, 1.54) is 11.3 Å². The molecule has 1 atom stereocenters. The summed E-state index contributed by atoms with van der Waals surface area (Å²) in [4.78, 5) is 22.3. The Morgan fingerprint density at radius 3 is 3.14 bits per heavy atom. The maximum Gasteiger partial charge on any atom is 0.328 e. The molecule has 1 aliphatic rings. The predicted molar refractivity (Wildman–Crippen MR) is 50.8 cm³/mol. The average molecular weight is 212 g/mol. The fraction of sp³-hybridized carbons (Fsp3) is 0.375. The molecule has 2 rings (SSSR count). The number of carboxylic acids is 1. The molecule has 5 nitrogen and oxygen atoms in total. The van der Waals surface area contributed by atoms with E-state index in [2.05, 4.69) is 5.29 Å². The molecule has 6 heteroatoms. The number of hydrogen-bond donors (Lipinski definition) is 1. The zero-order valence-electron chi connectivity index (χ0n) is 7.21. The van der Waals surface area contributed by atoms with E-state index in [-0.39, 0.29) is 0 Å². The second kappa shape index (κ2) is 3.38. The first-order chi connectivity index (χ1) is 6.72. The van der Waals surface area contributed by atoms with Crippen LogP contribution in [0.4, 0.5) is 0 Å². The molecule has 74 valence electrons. The van der Waals surface area contributed by atoms with Crippen LogP contribution >= 0.6 is 11.3 Å². The quantitative estimate of drug-likeness (QED) is 0.749. The second-order valence-corrected chi connectivity index (χ2v) is 4.11. The van der Waals surface area contributed by atoms with Crippen LogP contribution in [-0.4, -0.2) is 22.1 Å². The molecule has 0 bridgehead atoms. The highest BCUT2D eigenvalue weighted by atomic mass is 32.1. The number of fused-ring (bicyclic) bond motifs is 1. The van der Waals surface area contributed by atoms with E-state index in [4.69, 9.17) is 5.11 Å². The molecule has 0 aromatic carbocycles. The molecule has 14 heavy (non-hydrogen) atoms. The fourth-order valence-corrected chi connectivity index (χ4v) is 2.49. The van der Waals surface area contributed by atoms with Crippen molar-refractivity contribution in [1.82, 2.24) is 5.01 Å². The van der Waals surface area contributed by atoms with Crippen molar-refractivity contribution in [3.63, 3.8) is 0 Å². The number of rotatable bonds is 2. The third-order valence-corrected chi connectivity index (χ3v) is 3.28. The molecule has 1 aromatic heterocycles. The smallest absolute Gasteiger partial charge is 0.328 e. The van der Waals surface area contributed by atoms with Crippen LogP contribution in [0.25, 0.3) is 0 Å². The molecule has 0 fully saturated rings. The number of aliphatic carboxylic acids is 1. The molecule has 0 amide bonds. The summed E-state index contributed by atoms with van der Waals surface area (Å²) in [5.74, 6) is -0.997. The molecule has 0 saturated heterocycles. The topological polar surface area (TPSA) is 70.0 Å². The third kappa shape index (κ3) is 1.37. The molecule has 0 spiro atoms. The van der Waals surface area contributed by atoms with Gasteiger partial charge in [-0.2, -0.15) is 0 Å². The number of nitrogens with zero attached hydrogens (tertiary/aromatic N) is 2. The van der Waals surface area contributed by atoms with Gasteiger partial charge >= 0.3 is 5.97 Å². The van der Waals surface area contributed by atoms with Crippen LogP contribution in [-0.2, 0) is 17.8 Å². The number of carboxylic acid groups (broad SMARTS) is 1. The Labute approximate surface area is 83.9 Å². The van der Waals surface area contributed by atoms with Crippen LogP contribution in [0.1, 0.15) is 10.4 Å². The molecule has 0 saturated carbocycles. The van der Waals surface area contributed by atoms with Gasteiger partial charge in [0.2, 0.25) is 0 Å². The predicted octanol–water partition coefficient (Wildman–Crippen LogP) is 1.24. The lowest BCUT2D eigenvalue weighted by molar-refractivity contribution is -0.143. The van der Waals surface area contributed by atoms with E-state index < -0.39 is 12.0 Å². The van der Waals surface area contributed by atoms with Crippen LogP contribution in [0.2, 0.25) is 0 Å². The van der Waals surface area contributed by atoms with Gasteiger partial charge in [0.25, 0.3) is 0 Å². The summed E-state index contributed by atoms with van der Waals surface area (Å²) >= 11 is 1.53. The van der Waals surface area contributed by atoms with Crippen molar-refractivity contribution in [2.24, 2.45) is 5.29 Å². The highest BCUT2D eigenvalue weighted by Gasteiger charge is 2.32. The minimum atomic E-state index is -0.997. The fourth-order valence-electron chi connectivity index (χ4n) is 1.55. The molecule has 1 unspecified atom stereocenters. The molecular formula is C8H8N2O3S. The van der Waals surface area contributed by atoms with Gasteiger partial charge in [0.15, 0.2) is 6.04 Å². The van der Waals surface area contributed by atoms with E-state index in [1.807, 2.05) is 11.4 Å². The molecule has 0 radical (unpaired) electrons. The minimum absolute atomic E-state index is 0.305. The van der Waals surface area contributed by atoms with Crippen LogP contribution in [0.3, 0.4) is 0 Å². The SMILES string of the molecule is O=NN1Cc2ccsc2CC1C(=O)O. The molecule has 0 aliphatic carbocycles. The monoisotopic (exact) mass is 212 g/mol. The Hall–Kier alpha value is -1.43. The first-order valence-electron chi connectivity index (χ1n) is 4.10. The molecule has 1 N–H and O–H groups in total. The first kappa shape index (κ1) is 9.14. The molecular weight excluding hydrogens is 204 g/mol. The minimum Gasteiger partial charge on any atom is -0.480 e. The number of nitroso groups, excluding NO2 is 1. The maximum atomic E-state index is 10.8. The molecule has 2 heterocycles. The van der Waals surface area contributed by atoms with Gasteiger partial charge in [-0.25, -0.2) is 9.80 Å². The van der Waals surface area contributed by atoms with Crippen molar-refractivity contribution < 1.29 is 9.90 Å². The first-order valence-corrected chi connectivity index (χ1v) is 4.98. The highest BCUT2D eigenvalue weighted by molar-refractivity contribution is 7.10.